The van der Waals surface area contributed by atoms with Gasteiger partial charge in [0.1, 0.15) is 0 Å². The van der Waals surface area contributed by atoms with Crippen LogP contribution < -0.4 is 15.5 Å². The number of anilines is 2. The van der Waals surface area contributed by atoms with Crippen LogP contribution in [0.25, 0.3) is 44.7 Å². The number of hydrogen-bond donors (Lipinski definition) is 2. The maximum atomic E-state index is 5.13. The molecule has 1 aromatic heterocycles. The van der Waals surface area contributed by atoms with E-state index in [9.17, 15) is 0 Å². The third-order valence-corrected chi connectivity index (χ3v) is 12.7. The van der Waals surface area contributed by atoms with Gasteiger partial charge < -0.3 is 15.5 Å². The van der Waals surface area contributed by atoms with Gasteiger partial charge >= 0.3 is 0 Å². The summed E-state index contributed by atoms with van der Waals surface area (Å²) >= 11 is 0. The lowest BCUT2D eigenvalue weighted by atomic mass is 9.81. The highest BCUT2D eigenvalue weighted by Crippen LogP contribution is 2.54. The van der Waals surface area contributed by atoms with E-state index in [-0.39, 0.29) is 17.4 Å². The molecule has 0 saturated carbocycles. The Morgan fingerprint density at radius 1 is 0.655 bits per heavy atom. The van der Waals surface area contributed by atoms with Crippen molar-refractivity contribution in [3.63, 3.8) is 0 Å². The molecule has 2 unspecified atom stereocenters. The Morgan fingerprint density at radius 3 is 2.33 bits per heavy atom. The van der Waals surface area contributed by atoms with Gasteiger partial charge in [-0.1, -0.05) is 123 Å². The fraction of sp³-hybridized carbons (Fsp3) is 0.130. The van der Waals surface area contributed by atoms with Crippen LogP contribution in [0.5, 0.6) is 0 Å². The number of benzene rings is 5. The molecule has 5 aliphatic rings. The highest BCUT2D eigenvalue weighted by molar-refractivity contribution is 5.87. The van der Waals surface area contributed by atoms with E-state index in [4.69, 9.17) is 4.98 Å². The van der Waals surface area contributed by atoms with Crippen molar-refractivity contribution < 1.29 is 0 Å². The molecule has 11 rings (SSSR count). The minimum absolute atomic E-state index is 0.00991. The van der Waals surface area contributed by atoms with Crippen LogP contribution in [0.3, 0.4) is 0 Å². The molecule has 0 saturated heterocycles. The minimum atomic E-state index is -0.0434. The Kier molecular flexibility index (Phi) is 8.07. The van der Waals surface area contributed by atoms with Crippen molar-refractivity contribution in [3.8, 4) is 33.4 Å². The largest absolute Gasteiger partial charge is 0.380 e. The standard InChI is InChI=1S/C54H44N4/c1-54(2)46-18-7-6-17-42(46)43-24-21-39(32-47(43)54)38-23-26-53-45(31-38)44-30-37(22-25-52(44)58(53)41-15-4-3-5-16-41)35-13-12-14-36(29-35)40-33-50(48-19-8-10-27-55-48)57-51(34-40)49-20-9-11-28-56-49/h3-27,29,31-34,44,48,55-56H,28,30H2,1-2H3. The van der Waals surface area contributed by atoms with E-state index in [2.05, 4.69) is 199 Å². The van der Waals surface area contributed by atoms with Crippen LogP contribution in [0.15, 0.2) is 188 Å². The predicted molar refractivity (Wildman–Crippen MR) is 240 cm³/mol. The van der Waals surface area contributed by atoms with Crippen LogP contribution in [0.4, 0.5) is 11.4 Å². The molecule has 58 heavy (non-hydrogen) atoms. The maximum Gasteiger partial charge on any atom is 0.0871 e. The van der Waals surface area contributed by atoms with E-state index in [0.717, 1.165) is 35.6 Å². The van der Waals surface area contributed by atoms with Crippen LogP contribution in [0.1, 0.15) is 65.9 Å². The van der Waals surface area contributed by atoms with Gasteiger partial charge in [0.05, 0.1) is 23.1 Å². The summed E-state index contributed by atoms with van der Waals surface area (Å²) in [7, 11) is 0. The first-order valence-corrected chi connectivity index (χ1v) is 20.5. The van der Waals surface area contributed by atoms with E-state index in [1.165, 1.54) is 72.7 Å². The third kappa shape index (κ3) is 5.70. The predicted octanol–water partition coefficient (Wildman–Crippen LogP) is 12.5. The lowest BCUT2D eigenvalue weighted by Crippen LogP contribution is -2.19. The molecule has 0 bridgehead atoms. The Balaban J connectivity index is 0.969. The summed E-state index contributed by atoms with van der Waals surface area (Å²) in [4.78, 5) is 7.61. The first-order chi connectivity index (χ1) is 28.5. The molecule has 3 aliphatic heterocycles. The van der Waals surface area contributed by atoms with E-state index in [1.807, 2.05) is 12.3 Å². The summed E-state index contributed by atoms with van der Waals surface area (Å²) in [6, 6.07) is 47.5. The maximum absolute atomic E-state index is 5.13. The highest BCUT2D eigenvalue weighted by Gasteiger charge is 2.38. The number of para-hydroxylation sites is 1. The van der Waals surface area contributed by atoms with Crippen molar-refractivity contribution in [2.45, 2.75) is 37.6 Å². The van der Waals surface area contributed by atoms with Gasteiger partial charge in [-0.3, -0.25) is 0 Å². The Labute approximate surface area is 341 Å². The monoisotopic (exact) mass is 748 g/mol. The first-order valence-electron chi connectivity index (χ1n) is 20.5. The van der Waals surface area contributed by atoms with Gasteiger partial charge in [0.15, 0.2) is 0 Å². The summed E-state index contributed by atoms with van der Waals surface area (Å²) < 4.78 is 0. The number of nitrogens with one attached hydrogen (secondary N) is 2. The fourth-order valence-corrected chi connectivity index (χ4v) is 9.69. The summed E-state index contributed by atoms with van der Waals surface area (Å²) in [6.45, 7) is 5.52. The summed E-state index contributed by atoms with van der Waals surface area (Å²) in [6.07, 6.45) is 20.2. The molecule has 4 nitrogen and oxygen atoms in total. The second-order valence-electron chi connectivity index (χ2n) is 16.4. The molecule has 0 spiro atoms. The third-order valence-electron chi connectivity index (χ3n) is 12.7. The number of nitrogens with zero attached hydrogens (tertiary/aromatic N) is 2. The molecule has 6 aromatic rings. The van der Waals surface area contributed by atoms with E-state index < -0.39 is 0 Å². The lowest BCUT2D eigenvalue weighted by Gasteiger charge is -2.26. The molecule has 2 N–H and O–H groups in total. The molecule has 280 valence electrons. The average Bonchev–Trinajstić information content (AvgIpc) is 3.74. The molecule has 0 amide bonds. The zero-order valence-corrected chi connectivity index (χ0v) is 32.8. The van der Waals surface area contributed by atoms with Gasteiger partial charge in [-0.05, 0) is 141 Å². The molecule has 0 radical (unpaired) electrons. The zero-order valence-electron chi connectivity index (χ0n) is 32.8. The average molecular weight is 749 g/mol. The number of aromatic nitrogens is 1. The molecule has 4 heterocycles. The summed E-state index contributed by atoms with van der Waals surface area (Å²) in [5.74, 6) is 0.225. The molecular formula is C54H44N4. The van der Waals surface area contributed by atoms with Crippen LogP contribution in [0, 0.1) is 0 Å². The second kappa shape index (κ2) is 13.6. The molecular weight excluding hydrogens is 705 g/mol. The SMILES string of the molecule is CC1(C)c2ccccc2-c2ccc(-c3ccc4c(c3)C3CC(c5cccc(-c6cc(C7=CC=CCN7)nc(C7C=CC=CN7)c6)c5)=CC=C3N4c3ccccc3)cc21. The molecule has 2 aliphatic carbocycles. The Hall–Kier alpha value is -6.91. The lowest BCUT2D eigenvalue weighted by molar-refractivity contribution is 0.660. The van der Waals surface area contributed by atoms with Gasteiger partial charge in [0, 0.05) is 34.9 Å². The van der Waals surface area contributed by atoms with Gasteiger partial charge in [0.25, 0.3) is 0 Å². The molecule has 2 atom stereocenters. The smallest absolute Gasteiger partial charge is 0.0871 e. The summed E-state index contributed by atoms with van der Waals surface area (Å²) in [5.41, 5.74) is 21.1. The van der Waals surface area contributed by atoms with Gasteiger partial charge in [0.2, 0.25) is 0 Å². The number of fused-ring (bicyclic) bond motifs is 6. The number of hydrogen-bond acceptors (Lipinski definition) is 4. The van der Waals surface area contributed by atoms with Crippen molar-refractivity contribution in [2.24, 2.45) is 0 Å². The van der Waals surface area contributed by atoms with E-state index in [0.29, 0.717) is 0 Å². The fourth-order valence-electron chi connectivity index (χ4n) is 9.69. The molecule has 0 fully saturated rings. The van der Waals surface area contributed by atoms with Gasteiger partial charge in [-0.15, -0.1) is 0 Å². The van der Waals surface area contributed by atoms with Gasteiger partial charge in [-0.25, -0.2) is 4.98 Å². The molecule has 4 heteroatoms. The van der Waals surface area contributed by atoms with E-state index >= 15 is 0 Å². The van der Waals surface area contributed by atoms with Gasteiger partial charge in [-0.2, -0.15) is 0 Å². The topological polar surface area (TPSA) is 40.2 Å². The highest BCUT2D eigenvalue weighted by atomic mass is 15.2. The second-order valence-corrected chi connectivity index (χ2v) is 16.4. The Bertz CT molecular complexity index is 2830. The first kappa shape index (κ1) is 34.3. The van der Waals surface area contributed by atoms with Crippen molar-refractivity contribution >= 4 is 22.6 Å². The number of pyridine rings is 1. The van der Waals surface area contributed by atoms with Crippen molar-refractivity contribution in [2.75, 3.05) is 11.4 Å². The van der Waals surface area contributed by atoms with Crippen molar-refractivity contribution in [1.82, 2.24) is 15.6 Å². The van der Waals surface area contributed by atoms with Crippen LogP contribution in [-0.2, 0) is 5.41 Å². The minimum Gasteiger partial charge on any atom is -0.380 e. The van der Waals surface area contributed by atoms with Crippen LogP contribution >= 0.6 is 0 Å². The number of rotatable bonds is 6. The zero-order chi connectivity index (χ0) is 38.8. The van der Waals surface area contributed by atoms with Crippen molar-refractivity contribution in [1.29, 1.82) is 0 Å². The Morgan fingerprint density at radius 2 is 1.47 bits per heavy atom. The number of allylic oxidation sites excluding steroid dienone is 8. The molecule has 5 aromatic carbocycles. The van der Waals surface area contributed by atoms with Crippen LogP contribution in [0.2, 0.25) is 0 Å². The van der Waals surface area contributed by atoms with Crippen LogP contribution in [-0.4, -0.2) is 11.5 Å². The quantitative estimate of drug-likeness (QED) is 0.178. The normalized spacial score (nSPS) is 19.2. The number of dihydropyridines is 2. The van der Waals surface area contributed by atoms with E-state index in [1.54, 1.807) is 0 Å². The van der Waals surface area contributed by atoms with Crippen molar-refractivity contribution in [3.05, 3.63) is 222 Å². The summed E-state index contributed by atoms with van der Waals surface area (Å²) in [5, 5.41) is 7.01.